The van der Waals surface area contributed by atoms with Gasteiger partial charge in [0.05, 0.1) is 5.02 Å². The van der Waals surface area contributed by atoms with E-state index in [2.05, 4.69) is 0 Å². The number of hydrogen-bond acceptors (Lipinski definition) is 3. The Kier molecular flexibility index (Phi) is 3.36. The fourth-order valence-corrected chi connectivity index (χ4v) is 5.21. The number of carbonyl (C=O) groups is 1. The Morgan fingerprint density at radius 1 is 1.19 bits per heavy atom. The highest BCUT2D eigenvalue weighted by Gasteiger charge is 2.56. The maximum atomic E-state index is 12.5. The van der Waals surface area contributed by atoms with E-state index >= 15 is 0 Å². The van der Waals surface area contributed by atoms with Crippen LogP contribution in [-0.4, -0.2) is 55.0 Å². The SMILES string of the molecule is O=C(O)N1CC2(C1)CN(S(=O)(=O)c1ccc(Cl)cc1Cl)C2. The maximum absolute atomic E-state index is 12.5. The number of hydrogen-bond donors (Lipinski definition) is 1. The third-order valence-electron chi connectivity index (χ3n) is 3.86. The van der Waals surface area contributed by atoms with Crippen LogP contribution in [0.15, 0.2) is 23.1 Å². The molecule has 0 aliphatic carbocycles. The van der Waals surface area contributed by atoms with Crippen LogP contribution >= 0.6 is 23.2 Å². The number of amides is 1. The zero-order valence-corrected chi connectivity index (χ0v) is 13.1. The average molecular weight is 351 g/mol. The van der Waals surface area contributed by atoms with Crippen molar-refractivity contribution in [2.24, 2.45) is 5.41 Å². The molecule has 2 fully saturated rings. The van der Waals surface area contributed by atoms with Crippen molar-refractivity contribution in [3.05, 3.63) is 28.2 Å². The van der Waals surface area contributed by atoms with Gasteiger partial charge in [0.15, 0.2) is 0 Å². The topological polar surface area (TPSA) is 77.9 Å². The monoisotopic (exact) mass is 350 g/mol. The molecule has 1 spiro atoms. The van der Waals surface area contributed by atoms with Gasteiger partial charge in [-0.15, -0.1) is 0 Å². The zero-order chi connectivity index (χ0) is 15.4. The molecule has 1 N–H and O–H groups in total. The number of benzene rings is 1. The van der Waals surface area contributed by atoms with Crippen LogP contribution in [-0.2, 0) is 10.0 Å². The van der Waals surface area contributed by atoms with E-state index in [1.165, 1.54) is 27.4 Å². The van der Waals surface area contributed by atoms with Gasteiger partial charge in [0.1, 0.15) is 4.90 Å². The van der Waals surface area contributed by atoms with Crippen molar-refractivity contribution in [2.45, 2.75) is 4.90 Å². The second-order valence-corrected chi connectivity index (χ2v) is 8.24. The van der Waals surface area contributed by atoms with E-state index < -0.39 is 16.1 Å². The number of likely N-dealkylation sites (tertiary alicyclic amines) is 1. The molecular formula is C12H12Cl2N2O4S. The summed E-state index contributed by atoms with van der Waals surface area (Å²) in [5.41, 5.74) is -0.232. The summed E-state index contributed by atoms with van der Waals surface area (Å²) in [6.45, 7) is 1.39. The molecule has 3 rings (SSSR count). The third-order valence-corrected chi connectivity index (χ3v) is 6.37. The van der Waals surface area contributed by atoms with Crippen LogP contribution in [0.2, 0.25) is 10.0 Å². The van der Waals surface area contributed by atoms with Gasteiger partial charge < -0.3 is 10.0 Å². The predicted molar refractivity (Wildman–Crippen MR) is 77.3 cm³/mol. The quantitative estimate of drug-likeness (QED) is 0.884. The Bertz CT molecular complexity index is 708. The van der Waals surface area contributed by atoms with E-state index in [-0.39, 0.29) is 15.3 Å². The van der Waals surface area contributed by atoms with Crippen molar-refractivity contribution < 1.29 is 18.3 Å². The Labute approximate surface area is 131 Å². The van der Waals surface area contributed by atoms with E-state index in [1.54, 1.807) is 0 Å². The average Bonchev–Trinajstić information content (AvgIpc) is 2.23. The molecule has 2 aliphatic rings. The summed E-state index contributed by atoms with van der Waals surface area (Å²) in [4.78, 5) is 12.1. The van der Waals surface area contributed by atoms with E-state index in [0.29, 0.717) is 31.2 Å². The third kappa shape index (κ3) is 2.38. The number of halogens is 2. The van der Waals surface area contributed by atoms with Crippen LogP contribution in [0.25, 0.3) is 0 Å². The molecule has 0 unspecified atom stereocenters. The molecule has 21 heavy (non-hydrogen) atoms. The van der Waals surface area contributed by atoms with E-state index in [1.807, 2.05) is 0 Å². The number of sulfonamides is 1. The fourth-order valence-electron chi connectivity index (χ4n) is 2.79. The molecule has 0 aromatic heterocycles. The van der Waals surface area contributed by atoms with Crippen molar-refractivity contribution in [3.63, 3.8) is 0 Å². The second kappa shape index (κ2) is 4.74. The minimum atomic E-state index is -3.66. The van der Waals surface area contributed by atoms with Gasteiger partial charge in [0.2, 0.25) is 10.0 Å². The molecule has 114 valence electrons. The van der Waals surface area contributed by atoms with Gasteiger partial charge >= 0.3 is 6.09 Å². The van der Waals surface area contributed by atoms with Crippen molar-refractivity contribution in [1.82, 2.24) is 9.21 Å². The maximum Gasteiger partial charge on any atom is 0.407 e. The number of rotatable bonds is 2. The summed E-state index contributed by atoms with van der Waals surface area (Å²) < 4.78 is 26.2. The largest absolute Gasteiger partial charge is 0.465 e. The van der Waals surface area contributed by atoms with Crippen molar-refractivity contribution in [1.29, 1.82) is 0 Å². The molecule has 1 aromatic rings. The minimum Gasteiger partial charge on any atom is -0.465 e. The Balaban J connectivity index is 1.73. The molecule has 2 heterocycles. The molecule has 2 saturated heterocycles. The summed E-state index contributed by atoms with van der Waals surface area (Å²) in [7, 11) is -3.66. The van der Waals surface area contributed by atoms with Crippen LogP contribution in [0.3, 0.4) is 0 Å². The molecule has 0 atom stereocenters. The van der Waals surface area contributed by atoms with Gasteiger partial charge in [-0.25, -0.2) is 13.2 Å². The lowest BCUT2D eigenvalue weighted by atomic mass is 9.75. The zero-order valence-electron chi connectivity index (χ0n) is 10.8. The normalized spacial score (nSPS) is 21.0. The highest BCUT2D eigenvalue weighted by atomic mass is 35.5. The van der Waals surface area contributed by atoms with Gasteiger partial charge in [-0.3, -0.25) is 0 Å². The molecule has 9 heteroatoms. The molecule has 2 aliphatic heterocycles. The summed E-state index contributed by atoms with van der Waals surface area (Å²) in [6.07, 6.45) is -0.970. The van der Waals surface area contributed by atoms with Crippen LogP contribution in [0.4, 0.5) is 4.79 Å². The van der Waals surface area contributed by atoms with E-state index in [9.17, 15) is 13.2 Å². The minimum absolute atomic E-state index is 0.0258. The number of nitrogens with zero attached hydrogens (tertiary/aromatic N) is 2. The summed E-state index contributed by atoms with van der Waals surface area (Å²) in [6, 6.07) is 4.25. The van der Waals surface area contributed by atoms with Gasteiger partial charge in [0, 0.05) is 36.6 Å². The summed E-state index contributed by atoms with van der Waals surface area (Å²) >= 11 is 11.7. The lowest BCUT2D eigenvalue weighted by Crippen LogP contribution is -2.73. The van der Waals surface area contributed by atoms with Crippen molar-refractivity contribution >= 4 is 39.3 Å². The fraction of sp³-hybridized carbons (Fsp3) is 0.417. The summed E-state index contributed by atoms with van der Waals surface area (Å²) in [5.74, 6) is 0. The molecule has 0 saturated carbocycles. The second-order valence-electron chi connectivity index (χ2n) is 5.49. The first kappa shape index (κ1) is 14.9. The van der Waals surface area contributed by atoms with Crippen molar-refractivity contribution in [2.75, 3.05) is 26.2 Å². The van der Waals surface area contributed by atoms with Crippen LogP contribution in [0.5, 0.6) is 0 Å². The Morgan fingerprint density at radius 3 is 2.33 bits per heavy atom. The number of carboxylic acid groups (broad SMARTS) is 1. The van der Waals surface area contributed by atoms with Gasteiger partial charge in [-0.05, 0) is 18.2 Å². The van der Waals surface area contributed by atoms with E-state index in [4.69, 9.17) is 28.3 Å². The first-order chi connectivity index (χ1) is 9.73. The Hall–Kier alpha value is -1.02. The standard InChI is InChI=1S/C12H12Cl2N2O4S/c13-8-1-2-10(9(14)3-8)21(19,20)16-6-12(7-16)4-15(5-12)11(17)18/h1-3H,4-7H2,(H,17,18). The lowest BCUT2D eigenvalue weighted by Gasteiger charge is -2.58. The van der Waals surface area contributed by atoms with Gasteiger partial charge in [-0.1, -0.05) is 23.2 Å². The molecule has 1 amide bonds. The molecular weight excluding hydrogens is 339 g/mol. The predicted octanol–water partition coefficient (Wildman–Crippen LogP) is 1.98. The molecule has 6 nitrogen and oxygen atoms in total. The van der Waals surface area contributed by atoms with E-state index in [0.717, 1.165) is 0 Å². The first-order valence-corrected chi connectivity index (χ1v) is 8.36. The molecule has 1 aromatic carbocycles. The molecule has 0 bridgehead atoms. The Morgan fingerprint density at radius 2 is 1.81 bits per heavy atom. The highest BCUT2D eigenvalue weighted by Crippen LogP contribution is 2.43. The van der Waals surface area contributed by atoms with Gasteiger partial charge in [0.25, 0.3) is 0 Å². The first-order valence-electron chi connectivity index (χ1n) is 6.17. The van der Waals surface area contributed by atoms with Crippen LogP contribution < -0.4 is 0 Å². The highest BCUT2D eigenvalue weighted by molar-refractivity contribution is 7.89. The summed E-state index contributed by atoms with van der Waals surface area (Å²) in [5, 5.41) is 9.27. The van der Waals surface area contributed by atoms with Crippen LogP contribution in [0.1, 0.15) is 0 Å². The smallest absolute Gasteiger partial charge is 0.407 e. The van der Waals surface area contributed by atoms with Crippen molar-refractivity contribution in [3.8, 4) is 0 Å². The lowest BCUT2D eigenvalue weighted by molar-refractivity contribution is -0.0663. The van der Waals surface area contributed by atoms with Crippen LogP contribution in [0, 0.1) is 5.41 Å². The van der Waals surface area contributed by atoms with Gasteiger partial charge in [-0.2, -0.15) is 4.31 Å². The molecule has 0 radical (unpaired) electrons.